The average Bonchev–Trinajstić information content (AvgIpc) is 3.00. The van der Waals surface area contributed by atoms with E-state index in [-0.39, 0.29) is 0 Å². The van der Waals surface area contributed by atoms with Gasteiger partial charge in [0.2, 0.25) is 0 Å². The van der Waals surface area contributed by atoms with Crippen LogP contribution < -0.4 is 4.74 Å². The molecular weight excluding hydrogens is 289 g/mol. The number of rotatable bonds is 3. The first-order chi connectivity index (χ1) is 6.79. The molecule has 0 atom stereocenters. The van der Waals surface area contributed by atoms with Crippen molar-refractivity contribution in [3.05, 3.63) is 27.3 Å². The van der Waals surface area contributed by atoms with Gasteiger partial charge < -0.3 is 4.74 Å². The fourth-order valence-electron chi connectivity index (χ4n) is 1.18. The molecule has 0 aliphatic heterocycles. The van der Waals surface area contributed by atoms with Gasteiger partial charge in [0.15, 0.2) is 0 Å². The van der Waals surface area contributed by atoms with Crippen molar-refractivity contribution in [2.24, 2.45) is 5.92 Å². The normalized spacial score (nSPS) is 14.9. The molecule has 2 rings (SSSR count). The summed E-state index contributed by atoms with van der Waals surface area (Å²) in [5.41, 5.74) is 0.663. The van der Waals surface area contributed by atoms with Crippen LogP contribution in [0.2, 0.25) is 0 Å². The number of hydrogen-bond acceptors (Lipinski definition) is 2. The zero-order valence-electron chi connectivity index (χ0n) is 7.66. The van der Waals surface area contributed by atoms with E-state index < -0.39 is 0 Å². The molecule has 0 aromatic heterocycles. The minimum absolute atomic E-state index is 0.663. The van der Waals surface area contributed by atoms with Crippen molar-refractivity contribution in [3.8, 4) is 11.8 Å². The van der Waals surface area contributed by atoms with E-state index in [0.29, 0.717) is 5.56 Å². The van der Waals surface area contributed by atoms with Crippen LogP contribution in [0.1, 0.15) is 18.4 Å². The lowest BCUT2D eigenvalue weighted by Gasteiger charge is -2.07. The SMILES string of the molecule is N#Cc1ccc(I)c(OCC2CC2)c1. The second-order valence-corrected chi connectivity index (χ2v) is 4.67. The summed E-state index contributed by atoms with van der Waals surface area (Å²) < 4.78 is 6.72. The first kappa shape index (κ1) is 9.78. The second kappa shape index (κ2) is 4.18. The molecule has 0 spiro atoms. The Hall–Kier alpha value is -0.760. The van der Waals surface area contributed by atoms with Gasteiger partial charge in [-0.05, 0) is 59.5 Å². The Morgan fingerprint density at radius 1 is 1.50 bits per heavy atom. The Morgan fingerprint density at radius 3 is 2.93 bits per heavy atom. The summed E-state index contributed by atoms with van der Waals surface area (Å²) in [6.07, 6.45) is 2.57. The minimum atomic E-state index is 0.663. The minimum Gasteiger partial charge on any atom is -0.492 e. The fourth-order valence-corrected chi connectivity index (χ4v) is 1.67. The van der Waals surface area contributed by atoms with Gasteiger partial charge in [0.1, 0.15) is 5.75 Å². The van der Waals surface area contributed by atoms with E-state index in [1.165, 1.54) is 12.8 Å². The lowest BCUT2D eigenvalue weighted by atomic mass is 10.2. The van der Waals surface area contributed by atoms with Crippen LogP contribution in [0.5, 0.6) is 5.75 Å². The lowest BCUT2D eigenvalue weighted by Crippen LogP contribution is -2.00. The largest absolute Gasteiger partial charge is 0.492 e. The summed E-state index contributed by atoms with van der Waals surface area (Å²) in [5.74, 6) is 1.59. The molecule has 1 aliphatic rings. The van der Waals surface area contributed by atoms with E-state index in [9.17, 15) is 0 Å². The van der Waals surface area contributed by atoms with E-state index in [1.807, 2.05) is 18.2 Å². The Bertz CT molecular complexity index is 379. The van der Waals surface area contributed by atoms with Gasteiger partial charge in [0, 0.05) is 0 Å². The van der Waals surface area contributed by atoms with E-state index >= 15 is 0 Å². The molecule has 0 unspecified atom stereocenters. The van der Waals surface area contributed by atoms with Crippen molar-refractivity contribution >= 4 is 22.6 Å². The van der Waals surface area contributed by atoms with Gasteiger partial charge in [-0.1, -0.05) is 0 Å². The topological polar surface area (TPSA) is 33.0 Å². The summed E-state index contributed by atoms with van der Waals surface area (Å²) in [5, 5.41) is 8.73. The van der Waals surface area contributed by atoms with Crippen LogP contribution in [-0.4, -0.2) is 6.61 Å². The third-order valence-electron chi connectivity index (χ3n) is 2.23. The van der Waals surface area contributed by atoms with Gasteiger partial charge in [-0.2, -0.15) is 5.26 Å². The Balaban J connectivity index is 2.09. The summed E-state index contributed by atoms with van der Waals surface area (Å²) in [7, 11) is 0. The molecule has 14 heavy (non-hydrogen) atoms. The Kier molecular flexibility index (Phi) is 2.92. The van der Waals surface area contributed by atoms with Gasteiger partial charge in [-0.3, -0.25) is 0 Å². The van der Waals surface area contributed by atoms with E-state index in [1.54, 1.807) is 0 Å². The monoisotopic (exact) mass is 299 g/mol. The van der Waals surface area contributed by atoms with Crippen molar-refractivity contribution in [1.82, 2.24) is 0 Å². The predicted octanol–water partition coefficient (Wildman–Crippen LogP) is 2.95. The van der Waals surface area contributed by atoms with Crippen LogP contribution >= 0.6 is 22.6 Å². The maximum absolute atomic E-state index is 8.73. The van der Waals surface area contributed by atoms with E-state index in [4.69, 9.17) is 10.00 Å². The zero-order chi connectivity index (χ0) is 9.97. The first-order valence-corrected chi connectivity index (χ1v) is 5.70. The fraction of sp³-hybridized carbons (Fsp3) is 0.364. The molecule has 1 saturated carbocycles. The molecule has 0 amide bonds. The van der Waals surface area contributed by atoms with E-state index in [0.717, 1.165) is 21.8 Å². The molecule has 1 fully saturated rings. The maximum atomic E-state index is 8.73. The Labute approximate surface area is 97.0 Å². The maximum Gasteiger partial charge on any atom is 0.133 e. The van der Waals surface area contributed by atoms with Crippen LogP contribution in [0.15, 0.2) is 18.2 Å². The highest BCUT2D eigenvalue weighted by molar-refractivity contribution is 14.1. The third-order valence-corrected chi connectivity index (χ3v) is 3.12. The summed E-state index contributed by atoms with van der Waals surface area (Å²) in [6, 6.07) is 7.65. The van der Waals surface area contributed by atoms with Crippen LogP contribution in [0, 0.1) is 20.8 Å². The number of hydrogen-bond donors (Lipinski definition) is 0. The number of halogens is 1. The molecule has 0 bridgehead atoms. The highest BCUT2D eigenvalue weighted by Gasteiger charge is 2.22. The molecule has 0 saturated heterocycles. The van der Waals surface area contributed by atoms with Crippen LogP contribution in [-0.2, 0) is 0 Å². The zero-order valence-corrected chi connectivity index (χ0v) is 9.82. The number of nitrogens with zero attached hydrogens (tertiary/aromatic N) is 1. The molecule has 1 aliphatic carbocycles. The molecule has 1 aromatic rings. The molecule has 2 nitrogen and oxygen atoms in total. The lowest BCUT2D eigenvalue weighted by molar-refractivity contribution is 0.297. The van der Waals surface area contributed by atoms with Gasteiger partial charge in [0.25, 0.3) is 0 Å². The van der Waals surface area contributed by atoms with Crippen molar-refractivity contribution < 1.29 is 4.74 Å². The second-order valence-electron chi connectivity index (χ2n) is 3.51. The van der Waals surface area contributed by atoms with Crippen LogP contribution in [0.4, 0.5) is 0 Å². The third kappa shape index (κ3) is 2.38. The van der Waals surface area contributed by atoms with Gasteiger partial charge in [-0.25, -0.2) is 0 Å². The molecule has 72 valence electrons. The van der Waals surface area contributed by atoms with Crippen molar-refractivity contribution in [1.29, 1.82) is 5.26 Å². The van der Waals surface area contributed by atoms with Crippen LogP contribution in [0.25, 0.3) is 0 Å². The summed E-state index contributed by atoms with van der Waals surface area (Å²) in [6.45, 7) is 0.797. The summed E-state index contributed by atoms with van der Waals surface area (Å²) >= 11 is 2.23. The van der Waals surface area contributed by atoms with Gasteiger partial charge in [0.05, 0.1) is 21.8 Å². The van der Waals surface area contributed by atoms with Gasteiger partial charge >= 0.3 is 0 Å². The molecule has 0 heterocycles. The number of benzene rings is 1. The Morgan fingerprint density at radius 2 is 2.29 bits per heavy atom. The number of nitriles is 1. The molecule has 0 radical (unpaired) electrons. The highest BCUT2D eigenvalue weighted by atomic mass is 127. The molecular formula is C11H10INO. The standard InChI is InChI=1S/C11H10INO/c12-10-4-3-9(6-13)5-11(10)14-7-8-1-2-8/h3-5,8H,1-2,7H2. The molecule has 1 aromatic carbocycles. The number of ether oxygens (including phenoxy) is 1. The summed E-state index contributed by atoms with van der Waals surface area (Å²) in [4.78, 5) is 0. The van der Waals surface area contributed by atoms with E-state index in [2.05, 4.69) is 28.7 Å². The smallest absolute Gasteiger partial charge is 0.133 e. The first-order valence-electron chi connectivity index (χ1n) is 4.62. The average molecular weight is 299 g/mol. The highest BCUT2D eigenvalue weighted by Crippen LogP contribution is 2.30. The predicted molar refractivity (Wildman–Crippen MR) is 62.1 cm³/mol. The quantitative estimate of drug-likeness (QED) is 0.804. The van der Waals surface area contributed by atoms with Gasteiger partial charge in [-0.15, -0.1) is 0 Å². The molecule has 0 N–H and O–H groups in total. The van der Waals surface area contributed by atoms with Crippen molar-refractivity contribution in [2.45, 2.75) is 12.8 Å². The molecule has 3 heteroatoms. The van der Waals surface area contributed by atoms with Crippen molar-refractivity contribution in [2.75, 3.05) is 6.61 Å². The van der Waals surface area contributed by atoms with Crippen molar-refractivity contribution in [3.63, 3.8) is 0 Å². The van der Waals surface area contributed by atoms with Crippen LogP contribution in [0.3, 0.4) is 0 Å².